The third-order valence-electron chi connectivity index (χ3n) is 5.53. The van der Waals surface area contributed by atoms with E-state index in [-0.39, 0.29) is 12.3 Å². The van der Waals surface area contributed by atoms with E-state index in [9.17, 15) is 4.79 Å². The molecule has 7 nitrogen and oxygen atoms in total. The van der Waals surface area contributed by atoms with E-state index in [2.05, 4.69) is 22.4 Å². The summed E-state index contributed by atoms with van der Waals surface area (Å²) in [5.74, 6) is 2.07. The highest BCUT2D eigenvalue weighted by Crippen LogP contribution is 2.34. The summed E-state index contributed by atoms with van der Waals surface area (Å²) in [6.07, 6.45) is 2.22. The van der Waals surface area contributed by atoms with E-state index in [1.54, 1.807) is 0 Å². The number of ether oxygens (including phenoxy) is 1. The number of amides is 1. The number of fused-ring (bicyclic) bond motifs is 3. The van der Waals surface area contributed by atoms with E-state index in [1.807, 2.05) is 60.9 Å². The molecule has 0 radical (unpaired) electrons. The van der Waals surface area contributed by atoms with Crippen LogP contribution in [0.2, 0.25) is 5.02 Å². The van der Waals surface area contributed by atoms with Gasteiger partial charge in [0.05, 0.1) is 24.4 Å². The Labute approximate surface area is 198 Å². The molecule has 1 aromatic heterocycles. The molecule has 0 aliphatic carbocycles. The van der Waals surface area contributed by atoms with Crippen molar-refractivity contribution in [3.63, 3.8) is 0 Å². The summed E-state index contributed by atoms with van der Waals surface area (Å²) in [4.78, 5) is 17.6. The van der Waals surface area contributed by atoms with Gasteiger partial charge in [0.1, 0.15) is 17.6 Å². The minimum atomic E-state index is -0.486. The summed E-state index contributed by atoms with van der Waals surface area (Å²) < 4.78 is 7.99. The maximum Gasteiger partial charge on any atom is 0.222 e. The highest BCUT2D eigenvalue weighted by Gasteiger charge is 2.29. The SMILES string of the molecule is CCCCOc1ccc2c(c1)C(c1ccc(Cl)cc1)=N[C@@H](CC(=O)NCC)c1nnc(C)n1-2. The van der Waals surface area contributed by atoms with Crippen LogP contribution in [0.1, 0.15) is 61.9 Å². The van der Waals surface area contributed by atoms with Gasteiger partial charge in [0.25, 0.3) is 0 Å². The molecular formula is C25H28ClN5O2. The highest BCUT2D eigenvalue weighted by molar-refractivity contribution is 6.30. The van der Waals surface area contributed by atoms with Gasteiger partial charge in [-0.1, -0.05) is 37.1 Å². The zero-order valence-corrected chi connectivity index (χ0v) is 19.9. The Bertz CT molecular complexity index is 1170. The maximum atomic E-state index is 12.5. The topological polar surface area (TPSA) is 81.4 Å². The second-order valence-electron chi connectivity index (χ2n) is 7.98. The summed E-state index contributed by atoms with van der Waals surface area (Å²) in [7, 11) is 0. The van der Waals surface area contributed by atoms with Gasteiger partial charge >= 0.3 is 0 Å². The van der Waals surface area contributed by atoms with E-state index in [0.29, 0.717) is 24.0 Å². The molecule has 33 heavy (non-hydrogen) atoms. The molecular weight excluding hydrogens is 438 g/mol. The van der Waals surface area contributed by atoms with Crippen LogP contribution in [0.5, 0.6) is 5.75 Å². The Balaban J connectivity index is 1.88. The Morgan fingerprint density at radius 3 is 2.67 bits per heavy atom. The van der Waals surface area contributed by atoms with Crippen molar-refractivity contribution in [2.24, 2.45) is 4.99 Å². The molecule has 0 bridgehead atoms. The number of aryl methyl sites for hydroxylation is 1. The molecule has 0 saturated heterocycles. The number of halogens is 1. The van der Waals surface area contributed by atoms with Crippen molar-refractivity contribution in [1.82, 2.24) is 20.1 Å². The highest BCUT2D eigenvalue weighted by atomic mass is 35.5. The lowest BCUT2D eigenvalue weighted by atomic mass is 10.00. The van der Waals surface area contributed by atoms with Crippen molar-refractivity contribution < 1.29 is 9.53 Å². The number of hydrogen-bond donors (Lipinski definition) is 1. The molecule has 8 heteroatoms. The Kier molecular flexibility index (Phi) is 7.08. The predicted molar refractivity (Wildman–Crippen MR) is 130 cm³/mol. The van der Waals surface area contributed by atoms with Crippen molar-refractivity contribution in [3.8, 4) is 11.4 Å². The van der Waals surface area contributed by atoms with Crippen molar-refractivity contribution in [2.45, 2.75) is 46.1 Å². The normalized spacial score (nSPS) is 14.7. The summed E-state index contributed by atoms with van der Waals surface area (Å²) >= 11 is 6.15. The summed E-state index contributed by atoms with van der Waals surface area (Å²) in [6.45, 7) is 7.15. The van der Waals surface area contributed by atoms with Crippen LogP contribution in [0.4, 0.5) is 0 Å². The number of carbonyl (C=O) groups excluding carboxylic acids is 1. The first-order valence-corrected chi connectivity index (χ1v) is 11.7. The van der Waals surface area contributed by atoms with Crippen LogP contribution in [-0.2, 0) is 4.79 Å². The third kappa shape index (κ3) is 4.93. The molecule has 0 spiro atoms. The first-order valence-electron chi connectivity index (χ1n) is 11.3. The lowest BCUT2D eigenvalue weighted by Crippen LogP contribution is -2.25. The van der Waals surface area contributed by atoms with Gasteiger partial charge in [-0.25, -0.2) is 0 Å². The van der Waals surface area contributed by atoms with E-state index in [4.69, 9.17) is 21.3 Å². The molecule has 4 rings (SSSR count). The van der Waals surface area contributed by atoms with Gasteiger partial charge in [-0.2, -0.15) is 0 Å². The first-order chi connectivity index (χ1) is 16.0. The van der Waals surface area contributed by atoms with E-state index in [0.717, 1.165) is 46.9 Å². The Morgan fingerprint density at radius 1 is 1.15 bits per heavy atom. The smallest absolute Gasteiger partial charge is 0.222 e. The fourth-order valence-electron chi connectivity index (χ4n) is 3.92. The van der Waals surface area contributed by atoms with E-state index in [1.165, 1.54) is 0 Å². The second-order valence-corrected chi connectivity index (χ2v) is 8.42. The van der Waals surface area contributed by atoms with Gasteiger partial charge in [-0.3, -0.25) is 14.4 Å². The Morgan fingerprint density at radius 2 is 1.94 bits per heavy atom. The molecule has 1 N–H and O–H groups in total. The number of aromatic nitrogens is 3. The van der Waals surface area contributed by atoms with Gasteiger partial charge in [-0.05, 0) is 50.6 Å². The number of nitrogens with zero attached hydrogens (tertiary/aromatic N) is 4. The fraction of sp³-hybridized carbons (Fsp3) is 0.360. The molecule has 3 aromatic rings. The van der Waals surface area contributed by atoms with Crippen LogP contribution >= 0.6 is 11.6 Å². The van der Waals surface area contributed by atoms with Crippen LogP contribution in [-0.4, -0.2) is 39.5 Å². The standard InChI is InChI=1S/C25H28ClN5O2/c1-4-6-13-33-19-11-12-22-20(14-19)24(17-7-9-18(26)10-8-17)28-21(15-23(32)27-5-2)25-30-29-16(3)31(22)25/h7-12,14,21H,4-6,13,15H2,1-3H3,(H,27,32)/t21-/m0/s1. The van der Waals surface area contributed by atoms with Crippen molar-refractivity contribution >= 4 is 23.2 Å². The first kappa shape index (κ1) is 23.0. The van der Waals surface area contributed by atoms with Crippen molar-refractivity contribution in [3.05, 3.63) is 70.3 Å². The molecule has 2 heterocycles. The molecule has 0 saturated carbocycles. The Hall–Kier alpha value is -3.19. The van der Waals surface area contributed by atoms with Gasteiger partial charge in [0.15, 0.2) is 5.82 Å². The fourth-order valence-corrected chi connectivity index (χ4v) is 4.04. The summed E-state index contributed by atoms with van der Waals surface area (Å²) in [6, 6.07) is 13.1. The van der Waals surface area contributed by atoms with Crippen LogP contribution in [0.15, 0.2) is 47.5 Å². The zero-order valence-electron chi connectivity index (χ0n) is 19.1. The number of carbonyl (C=O) groups is 1. The lowest BCUT2D eigenvalue weighted by Gasteiger charge is -2.15. The van der Waals surface area contributed by atoms with E-state index < -0.39 is 6.04 Å². The molecule has 172 valence electrons. The number of unbranched alkanes of at least 4 members (excludes halogenated alkanes) is 1. The van der Waals surface area contributed by atoms with Gasteiger partial charge < -0.3 is 10.1 Å². The number of benzene rings is 2. The van der Waals surface area contributed by atoms with Crippen LogP contribution < -0.4 is 10.1 Å². The van der Waals surface area contributed by atoms with Crippen molar-refractivity contribution in [2.75, 3.05) is 13.2 Å². The molecule has 2 aromatic carbocycles. The lowest BCUT2D eigenvalue weighted by molar-refractivity contribution is -0.121. The largest absolute Gasteiger partial charge is 0.494 e. The number of nitrogens with one attached hydrogen (secondary N) is 1. The van der Waals surface area contributed by atoms with Gasteiger partial charge in [-0.15, -0.1) is 10.2 Å². The molecule has 0 fully saturated rings. The van der Waals surface area contributed by atoms with Crippen LogP contribution in [0.25, 0.3) is 5.69 Å². The number of rotatable bonds is 8. The zero-order chi connectivity index (χ0) is 23.4. The average Bonchev–Trinajstić information content (AvgIpc) is 3.12. The summed E-state index contributed by atoms with van der Waals surface area (Å²) in [5, 5.41) is 12.2. The maximum absolute atomic E-state index is 12.5. The second kappa shape index (κ2) is 10.2. The van der Waals surface area contributed by atoms with Gasteiger partial charge in [0.2, 0.25) is 5.91 Å². The molecule has 1 aliphatic heterocycles. The third-order valence-corrected chi connectivity index (χ3v) is 5.79. The van der Waals surface area contributed by atoms with Crippen LogP contribution in [0, 0.1) is 6.92 Å². The summed E-state index contributed by atoms with van der Waals surface area (Å²) in [5.41, 5.74) is 3.47. The quantitative estimate of drug-likeness (QED) is 0.483. The minimum absolute atomic E-state index is 0.0801. The average molecular weight is 466 g/mol. The van der Waals surface area contributed by atoms with Crippen LogP contribution in [0.3, 0.4) is 0 Å². The monoisotopic (exact) mass is 465 g/mol. The molecule has 0 unspecified atom stereocenters. The molecule has 1 aliphatic rings. The predicted octanol–water partition coefficient (Wildman–Crippen LogP) is 4.83. The number of aliphatic imine (C=N–C) groups is 1. The van der Waals surface area contributed by atoms with Gasteiger partial charge in [0, 0.05) is 22.7 Å². The molecule has 1 atom stereocenters. The number of hydrogen-bond acceptors (Lipinski definition) is 5. The minimum Gasteiger partial charge on any atom is -0.494 e. The van der Waals surface area contributed by atoms with E-state index >= 15 is 0 Å². The van der Waals surface area contributed by atoms with Crippen molar-refractivity contribution in [1.29, 1.82) is 0 Å². The molecule has 1 amide bonds.